The highest BCUT2D eigenvalue weighted by Gasteiger charge is 2.05. The summed E-state index contributed by atoms with van der Waals surface area (Å²) in [6.45, 7) is 2.52. The molecule has 1 aromatic carbocycles. The number of nitrogens with two attached hydrogens (primary N) is 1. The van der Waals surface area contributed by atoms with E-state index >= 15 is 0 Å². The molecule has 1 rings (SSSR count). The number of hydrogen-bond acceptors (Lipinski definition) is 3. The van der Waals surface area contributed by atoms with E-state index in [1.807, 2.05) is 0 Å². The summed E-state index contributed by atoms with van der Waals surface area (Å²) < 4.78 is 22.0. The van der Waals surface area contributed by atoms with Crippen molar-refractivity contribution in [2.45, 2.75) is 18.2 Å². The third kappa shape index (κ3) is 3.93. The molecule has 0 bridgehead atoms. The van der Waals surface area contributed by atoms with E-state index in [9.17, 15) is 8.42 Å². The number of primary sulfonamides is 1. The third-order valence-electron chi connectivity index (χ3n) is 1.94. The molecule has 86 valence electrons. The highest BCUT2D eigenvalue weighted by molar-refractivity contribution is 7.89. The normalized spacial score (nSPS) is 10.4. The van der Waals surface area contributed by atoms with Crippen LogP contribution in [0.15, 0.2) is 29.2 Å². The lowest BCUT2D eigenvalue weighted by molar-refractivity contribution is 0.598. The van der Waals surface area contributed by atoms with E-state index in [1.165, 1.54) is 12.1 Å². The van der Waals surface area contributed by atoms with Crippen molar-refractivity contribution in [3.05, 3.63) is 24.3 Å². The van der Waals surface area contributed by atoms with E-state index in [0.29, 0.717) is 0 Å². The molecule has 0 heterocycles. The Hall–Kier alpha value is -1.51. The number of benzene rings is 1. The zero-order valence-electron chi connectivity index (χ0n) is 9.03. The Morgan fingerprint density at radius 2 is 1.94 bits per heavy atom. The first-order valence-corrected chi connectivity index (χ1v) is 6.35. The molecule has 0 atom stereocenters. The molecule has 1 aromatic rings. The second kappa shape index (κ2) is 5.54. The molecule has 16 heavy (non-hydrogen) atoms. The van der Waals surface area contributed by atoms with Crippen molar-refractivity contribution in [3.63, 3.8) is 0 Å². The van der Waals surface area contributed by atoms with Gasteiger partial charge in [0.2, 0.25) is 10.0 Å². The van der Waals surface area contributed by atoms with Crippen LogP contribution in [-0.2, 0) is 10.0 Å². The van der Waals surface area contributed by atoms with Gasteiger partial charge >= 0.3 is 0 Å². The molecule has 0 spiro atoms. The van der Waals surface area contributed by atoms with E-state index in [2.05, 4.69) is 17.2 Å². The lowest BCUT2D eigenvalue weighted by atomic mass is 10.3. The van der Waals surface area contributed by atoms with Crippen LogP contribution in [0.2, 0.25) is 0 Å². The molecule has 0 saturated carbocycles. The Morgan fingerprint density at radius 3 is 2.44 bits per heavy atom. The zero-order valence-corrected chi connectivity index (χ0v) is 9.84. The molecule has 0 aromatic heterocycles. The predicted octanol–water partition coefficient (Wildman–Crippen LogP) is 1.16. The summed E-state index contributed by atoms with van der Waals surface area (Å²) in [4.78, 5) is 0.117. The lowest BCUT2D eigenvalue weighted by Gasteiger charge is -2.04. The van der Waals surface area contributed by atoms with Gasteiger partial charge in [-0.15, -0.1) is 11.8 Å². The van der Waals surface area contributed by atoms with Crippen LogP contribution in [0.4, 0.5) is 5.69 Å². The first kappa shape index (κ1) is 12.6. The van der Waals surface area contributed by atoms with Crippen LogP contribution in [0.25, 0.3) is 0 Å². The van der Waals surface area contributed by atoms with Crippen LogP contribution < -0.4 is 10.5 Å². The summed E-state index contributed by atoms with van der Waals surface area (Å²) in [6.07, 6.45) is 0.757. The fourth-order valence-corrected chi connectivity index (χ4v) is 1.67. The van der Waals surface area contributed by atoms with Crippen LogP contribution in [0.5, 0.6) is 0 Å². The monoisotopic (exact) mass is 238 g/mol. The minimum atomic E-state index is -3.60. The maximum absolute atomic E-state index is 11.0. The maximum atomic E-state index is 11.0. The van der Waals surface area contributed by atoms with E-state index in [0.717, 1.165) is 18.7 Å². The molecule has 0 aliphatic rings. The van der Waals surface area contributed by atoms with Crippen LogP contribution in [0.3, 0.4) is 0 Å². The fraction of sp³-hybridized carbons (Fsp3) is 0.273. The lowest BCUT2D eigenvalue weighted by Crippen LogP contribution is -2.12. The van der Waals surface area contributed by atoms with Crippen LogP contribution >= 0.6 is 0 Å². The fourth-order valence-electron chi connectivity index (χ4n) is 1.16. The minimum absolute atomic E-state index is 0.117. The van der Waals surface area contributed by atoms with Crippen molar-refractivity contribution in [1.29, 1.82) is 0 Å². The van der Waals surface area contributed by atoms with E-state index in [1.54, 1.807) is 19.1 Å². The SMILES string of the molecule is CC#CCCNc1ccc(S(N)(=O)=O)cc1. The maximum Gasteiger partial charge on any atom is 0.238 e. The summed E-state index contributed by atoms with van der Waals surface area (Å²) in [7, 11) is -3.60. The number of nitrogens with one attached hydrogen (secondary N) is 1. The molecule has 0 aliphatic carbocycles. The van der Waals surface area contributed by atoms with Crippen LogP contribution in [-0.4, -0.2) is 15.0 Å². The quantitative estimate of drug-likeness (QED) is 0.610. The van der Waals surface area contributed by atoms with Gasteiger partial charge in [-0.3, -0.25) is 0 Å². The molecule has 5 heteroatoms. The van der Waals surface area contributed by atoms with Crippen molar-refractivity contribution in [1.82, 2.24) is 0 Å². The highest BCUT2D eigenvalue weighted by Crippen LogP contribution is 2.12. The molecular formula is C11H14N2O2S. The van der Waals surface area contributed by atoms with Crippen molar-refractivity contribution in [3.8, 4) is 11.8 Å². The Bertz CT molecular complexity index is 495. The summed E-state index contributed by atoms with van der Waals surface area (Å²) in [6, 6.07) is 6.31. The van der Waals surface area contributed by atoms with Gasteiger partial charge in [0.05, 0.1) is 4.90 Å². The third-order valence-corrected chi connectivity index (χ3v) is 2.87. The molecule has 0 aliphatic heterocycles. The van der Waals surface area contributed by atoms with Gasteiger partial charge in [-0.1, -0.05) is 0 Å². The van der Waals surface area contributed by atoms with E-state index in [-0.39, 0.29) is 4.90 Å². The van der Waals surface area contributed by atoms with Gasteiger partial charge in [0.15, 0.2) is 0 Å². The zero-order chi connectivity index (χ0) is 12.0. The first-order chi connectivity index (χ1) is 7.54. The molecule has 0 radical (unpaired) electrons. The van der Waals surface area contributed by atoms with Gasteiger partial charge in [-0.25, -0.2) is 13.6 Å². The van der Waals surface area contributed by atoms with Crippen molar-refractivity contribution in [2.75, 3.05) is 11.9 Å². The van der Waals surface area contributed by atoms with Gasteiger partial charge in [0.25, 0.3) is 0 Å². The van der Waals surface area contributed by atoms with Crippen molar-refractivity contribution < 1.29 is 8.42 Å². The summed E-state index contributed by atoms with van der Waals surface area (Å²) in [5.74, 6) is 5.72. The largest absolute Gasteiger partial charge is 0.384 e. The second-order valence-electron chi connectivity index (χ2n) is 3.17. The van der Waals surface area contributed by atoms with Crippen LogP contribution in [0, 0.1) is 11.8 Å². The second-order valence-corrected chi connectivity index (χ2v) is 4.73. The smallest absolute Gasteiger partial charge is 0.238 e. The van der Waals surface area contributed by atoms with Crippen molar-refractivity contribution >= 4 is 15.7 Å². The summed E-state index contributed by atoms with van der Waals surface area (Å²) in [5.41, 5.74) is 0.852. The molecular weight excluding hydrogens is 224 g/mol. The van der Waals surface area contributed by atoms with Gasteiger partial charge < -0.3 is 5.32 Å². The molecule has 3 N–H and O–H groups in total. The van der Waals surface area contributed by atoms with Crippen molar-refractivity contribution in [2.24, 2.45) is 5.14 Å². The van der Waals surface area contributed by atoms with Gasteiger partial charge in [0, 0.05) is 18.7 Å². The summed E-state index contributed by atoms with van der Waals surface area (Å²) in [5, 5.41) is 8.10. The number of hydrogen-bond donors (Lipinski definition) is 2. The Kier molecular flexibility index (Phi) is 4.35. The number of sulfonamides is 1. The molecule has 0 amide bonds. The average molecular weight is 238 g/mol. The van der Waals surface area contributed by atoms with E-state index in [4.69, 9.17) is 5.14 Å². The van der Waals surface area contributed by atoms with Crippen LogP contribution in [0.1, 0.15) is 13.3 Å². The van der Waals surface area contributed by atoms with Gasteiger partial charge in [0.1, 0.15) is 0 Å². The molecule has 0 unspecified atom stereocenters. The Labute approximate surface area is 95.9 Å². The molecule has 0 fully saturated rings. The standard InChI is InChI=1S/C11H14N2O2S/c1-2-3-4-9-13-10-5-7-11(8-6-10)16(12,14)15/h5-8,13H,4,9H2,1H3,(H2,12,14,15). The number of anilines is 1. The highest BCUT2D eigenvalue weighted by atomic mass is 32.2. The first-order valence-electron chi connectivity index (χ1n) is 4.80. The topological polar surface area (TPSA) is 72.2 Å². The average Bonchev–Trinajstić information content (AvgIpc) is 2.24. The van der Waals surface area contributed by atoms with Gasteiger partial charge in [-0.2, -0.15) is 0 Å². The Balaban J connectivity index is 2.61. The Morgan fingerprint density at radius 1 is 1.31 bits per heavy atom. The minimum Gasteiger partial charge on any atom is -0.384 e. The predicted molar refractivity (Wildman–Crippen MR) is 64.4 cm³/mol. The molecule has 4 nitrogen and oxygen atoms in total. The summed E-state index contributed by atoms with van der Waals surface area (Å²) >= 11 is 0. The van der Waals surface area contributed by atoms with Gasteiger partial charge in [-0.05, 0) is 31.2 Å². The molecule has 0 saturated heterocycles. The van der Waals surface area contributed by atoms with E-state index < -0.39 is 10.0 Å². The number of rotatable bonds is 4.